The van der Waals surface area contributed by atoms with Crippen LogP contribution in [0.25, 0.3) is 0 Å². The van der Waals surface area contributed by atoms with Gasteiger partial charge < -0.3 is 4.74 Å². The molecule has 0 aromatic heterocycles. The molecule has 0 heterocycles. The summed E-state index contributed by atoms with van der Waals surface area (Å²) in [6, 6.07) is 0. The predicted octanol–water partition coefficient (Wildman–Crippen LogP) is 9.87. The summed E-state index contributed by atoms with van der Waals surface area (Å²) in [5.41, 5.74) is 0. The second-order valence-electron chi connectivity index (χ2n) is 10.9. The Labute approximate surface area is 190 Å². The van der Waals surface area contributed by atoms with Crippen LogP contribution < -0.4 is 0 Å². The van der Waals surface area contributed by atoms with Gasteiger partial charge in [0.15, 0.2) is 0 Å². The van der Waals surface area contributed by atoms with Gasteiger partial charge in [-0.15, -0.1) is 0 Å². The van der Waals surface area contributed by atoms with Gasteiger partial charge in [0, 0.05) is 6.61 Å². The molecule has 2 fully saturated rings. The highest BCUT2D eigenvalue weighted by atomic mass is 16.5. The molecule has 30 heavy (non-hydrogen) atoms. The smallest absolute Gasteiger partial charge is 0.0575 e. The standard InChI is InChI=1S/C29H56O/c1-3-5-7-9-11-12-14-16-26-17-19-27(20-18-26)28-21-23-29(24-22-28)30-25-15-13-10-8-6-4-2/h26-29H,3-25H2,1-2H3/t26-,27-,28-,29-. The van der Waals surface area contributed by atoms with E-state index >= 15 is 0 Å². The normalized spacial score (nSPS) is 27.4. The molecule has 2 saturated carbocycles. The maximum atomic E-state index is 6.23. The zero-order valence-electron chi connectivity index (χ0n) is 21.0. The van der Waals surface area contributed by atoms with Crippen molar-refractivity contribution in [1.29, 1.82) is 0 Å². The minimum absolute atomic E-state index is 0.588. The number of unbranched alkanes of at least 4 members (excludes halogenated alkanes) is 11. The third kappa shape index (κ3) is 11.5. The summed E-state index contributed by atoms with van der Waals surface area (Å²) in [5, 5.41) is 0. The van der Waals surface area contributed by atoms with Gasteiger partial charge in [-0.3, -0.25) is 0 Å². The molecule has 0 spiro atoms. The molecule has 0 bridgehead atoms. The Morgan fingerprint density at radius 1 is 0.500 bits per heavy atom. The van der Waals surface area contributed by atoms with Crippen molar-refractivity contribution in [1.82, 2.24) is 0 Å². The van der Waals surface area contributed by atoms with Gasteiger partial charge in [-0.2, -0.15) is 0 Å². The molecule has 0 radical (unpaired) electrons. The third-order valence-corrected chi connectivity index (χ3v) is 8.34. The van der Waals surface area contributed by atoms with Crippen LogP contribution in [0.1, 0.15) is 155 Å². The van der Waals surface area contributed by atoms with Crippen LogP contribution in [0.15, 0.2) is 0 Å². The summed E-state index contributed by atoms with van der Waals surface area (Å²) in [5.74, 6) is 3.14. The summed E-state index contributed by atoms with van der Waals surface area (Å²) in [6.45, 7) is 5.63. The Balaban J connectivity index is 1.44. The van der Waals surface area contributed by atoms with Gasteiger partial charge in [0.05, 0.1) is 6.10 Å². The van der Waals surface area contributed by atoms with Gasteiger partial charge in [-0.05, 0) is 62.7 Å². The van der Waals surface area contributed by atoms with Crippen LogP contribution in [0.2, 0.25) is 0 Å². The summed E-state index contributed by atoms with van der Waals surface area (Å²) in [7, 11) is 0. The molecule has 0 aromatic carbocycles. The Morgan fingerprint density at radius 2 is 0.967 bits per heavy atom. The SMILES string of the molecule is CCCCCCCCC[C@H]1CC[C@H]([C@H]2CC[C@H](OCCCCCCCC)CC2)CC1. The second-order valence-corrected chi connectivity index (χ2v) is 10.9. The average molecular weight is 421 g/mol. The van der Waals surface area contributed by atoms with E-state index in [4.69, 9.17) is 4.74 Å². The first-order valence-corrected chi connectivity index (χ1v) is 14.4. The van der Waals surface area contributed by atoms with E-state index in [0.717, 1.165) is 24.4 Å². The Kier molecular flexibility index (Phi) is 15.3. The van der Waals surface area contributed by atoms with E-state index in [1.807, 2.05) is 0 Å². The number of ether oxygens (including phenoxy) is 1. The molecule has 2 rings (SSSR count). The van der Waals surface area contributed by atoms with Gasteiger partial charge in [0.25, 0.3) is 0 Å². The quantitative estimate of drug-likeness (QED) is 0.213. The van der Waals surface area contributed by atoms with Crippen molar-refractivity contribution in [2.24, 2.45) is 17.8 Å². The Bertz CT molecular complexity index is 327. The molecule has 0 aliphatic heterocycles. The lowest BCUT2D eigenvalue weighted by molar-refractivity contribution is 0.00526. The van der Waals surface area contributed by atoms with Gasteiger partial charge in [-0.25, -0.2) is 0 Å². The summed E-state index contributed by atoms with van der Waals surface area (Å²) < 4.78 is 6.23. The monoisotopic (exact) mass is 420 g/mol. The molecule has 0 saturated heterocycles. The molecule has 2 aliphatic carbocycles. The van der Waals surface area contributed by atoms with Crippen LogP contribution in [-0.4, -0.2) is 12.7 Å². The average Bonchev–Trinajstić information content (AvgIpc) is 2.79. The molecule has 1 heteroatoms. The van der Waals surface area contributed by atoms with Gasteiger partial charge in [-0.1, -0.05) is 110 Å². The summed E-state index contributed by atoms with van der Waals surface area (Å²) in [6.07, 6.45) is 32.3. The van der Waals surface area contributed by atoms with Crippen molar-refractivity contribution in [3.8, 4) is 0 Å². The Morgan fingerprint density at radius 3 is 1.53 bits per heavy atom. The van der Waals surface area contributed by atoms with Crippen molar-refractivity contribution in [2.75, 3.05) is 6.61 Å². The highest BCUT2D eigenvalue weighted by Crippen LogP contribution is 2.41. The van der Waals surface area contributed by atoms with Crippen LogP contribution in [0.5, 0.6) is 0 Å². The predicted molar refractivity (Wildman–Crippen MR) is 133 cm³/mol. The van der Waals surface area contributed by atoms with E-state index in [9.17, 15) is 0 Å². The first-order valence-electron chi connectivity index (χ1n) is 14.4. The minimum atomic E-state index is 0.588. The number of rotatable bonds is 17. The lowest BCUT2D eigenvalue weighted by Gasteiger charge is -2.38. The highest BCUT2D eigenvalue weighted by molar-refractivity contribution is 4.82. The fraction of sp³-hybridized carbons (Fsp3) is 1.00. The second kappa shape index (κ2) is 17.5. The molecule has 1 nitrogen and oxygen atoms in total. The molecule has 0 amide bonds. The van der Waals surface area contributed by atoms with Crippen LogP contribution in [0.3, 0.4) is 0 Å². The van der Waals surface area contributed by atoms with Crippen molar-refractivity contribution >= 4 is 0 Å². The molecule has 0 N–H and O–H groups in total. The zero-order chi connectivity index (χ0) is 21.3. The van der Waals surface area contributed by atoms with Gasteiger partial charge in [0.1, 0.15) is 0 Å². The molecule has 0 atom stereocenters. The number of hydrogen-bond donors (Lipinski definition) is 0. The highest BCUT2D eigenvalue weighted by Gasteiger charge is 2.30. The van der Waals surface area contributed by atoms with Gasteiger partial charge in [0.2, 0.25) is 0 Å². The molecule has 2 aliphatic rings. The van der Waals surface area contributed by atoms with Gasteiger partial charge >= 0.3 is 0 Å². The van der Waals surface area contributed by atoms with Crippen LogP contribution in [0, 0.1) is 17.8 Å². The van der Waals surface area contributed by atoms with Crippen molar-refractivity contribution < 1.29 is 4.74 Å². The minimum Gasteiger partial charge on any atom is -0.378 e. The largest absolute Gasteiger partial charge is 0.378 e. The summed E-state index contributed by atoms with van der Waals surface area (Å²) >= 11 is 0. The fourth-order valence-electron chi connectivity index (χ4n) is 6.20. The third-order valence-electron chi connectivity index (χ3n) is 8.34. The van der Waals surface area contributed by atoms with E-state index in [1.165, 1.54) is 141 Å². The van der Waals surface area contributed by atoms with E-state index in [0.29, 0.717) is 6.10 Å². The maximum Gasteiger partial charge on any atom is 0.0575 e. The van der Waals surface area contributed by atoms with Crippen LogP contribution in [0.4, 0.5) is 0 Å². The Hall–Kier alpha value is -0.0400. The fourth-order valence-corrected chi connectivity index (χ4v) is 6.20. The molecular weight excluding hydrogens is 364 g/mol. The van der Waals surface area contributed by atoms with E-state index in [1.54, 1.807) is 0 Å². The molecule has 0 aromatic rings. The lowest BCUT2D eigenvalue weighted by Crippen LogP contribution is -2.28. The number of hydrogen-bond acceptors (Lipinski definition) is 1. The maximum absolute atomic E-state index is 6.23. The lowest BCUT2D eigenvalue weighted by atomic mass is 9.70. The first-order chi connectivity index (χ1) is 14.8. The zero-order valence-corrected chi connectivity index (χ0v) is 21.0. The van der Waals surface area contributed by atoms with Crippen molar-refractivity contribution in [2.45, 2.75) is 161 Å². The van der Waals surface area contributed by atoms with Crippen LogP contribution >= 0.6 is 0 Å². The molecular formula is C29H56O. The van der Waals surface area contributed by atoms with Crippen molar-refractivity contribution in [3.63, 3.8) is 0 Å². The first kappa shape index (κ1) is 26.2. The van der Waals surface area contributed by atoms with E-state index in [-0.39, 0.29) is 0 Å². The van der Waals surface area contributed by atoms with Crippen LogP contribution in [-0.2, 0) is 4.74 Å². The van der Waals surface area contributed by atoms with E-state index in [2.05, 4.69) is 13.8 Å². The van der Waals surface area contributed by atoms with E-state index < -0.39 is 0 Å². The summed E-state index contributed by atoms with van der Waals surface area (Å²) in [4.78, 5) is 0. The molecule has 0 unspecified atom stereocenters. The van der Waals surface area contributed by atoms with Crippen molar-refractivity contribution in [3.05, 3.63) is 0 Å². The topological polar surface area (TPSA) is 9.23 Å². The molecule has 178 valence electrons.